The second-order valence-corrected chi connectivity index (χ2v) is 11.0. The van der Waals surface area contributed by atoms with Crippen LogP contribution in [0.25, 0.3) is 0 Å². The van der Waals surface area contributed by atoms with Gasteiger partial charge in [-0.15, -0.1) is 0 Å². The third-order valence-electron chi connectivity index (χ3n) is 5.88. The molecule has 1 atom stereocenters. The summed E-state index contributed by atoms with van der Waals surface area (Å²) in [4.78, 5) is 27.7. The molecule has 10 heteroatoms. The summed E-state index contributed by atoms with van der Waals surface area (Å²) in [6.45, 7) is 5.27. The molecule has 38 heavy (non-hydrogen) atoms. The first-order valence-corrected chi connectivity index (χ1v) is 13.8. The van der Waals surface area contributed by atoms with Crippen LogP contribution in [0.2, 0.25) is 0 Å². The van der Waals surface area contributed by atoms with Crippen molar-refractivity contribution in [1.29, 1.82) is 0 Å². The number of carbonyl (C=O) groups is 2. The second kappa shape index (κ2) is 11.7. The zero-order valence-corrected chi connectivity index (χ0v) is 22.3. The Bertz CT molecular complexity index is 1410. The van der Waals surface area contributed by atoms with Gasteiger partial charge in [0.2, 0.25) is 10.0 Å². The number of carbonyl (C=O) groups excluding carboxylic acids is 2. The van der Waals surface area contributed by atoms with Crippen LogP contribution in [0, 0.1) is 6.92 Å². The molecule has 200 valence electrons. The van der Waals surface area contributed by atoms with Crippen molar-refractivity contribution in [2.45, 2.75) is 44.4 Å². The summed E-state index contributed by atoms with van der Waals surface area (Å²) >= 11 is 0. The standard InChI is InChI=1S/C28H31N3O6S/c1-19(2)30-38(34,35)22-13-14-24(20(3)15-22)36-18-27(32)31-17-26(37-25-12-8-7-11-23(25)31)28(33)29-16-21-9-5-4-6-10-21/h4-15,19,26,30H,16-18H2,1-3H3,(H,29,33). The third-order valence-corrected chi connectivity index (χ3v) is 7.53. The number of anilines is 1. The molecule has 0 spiro atoms. The highest BCUT2D eigenvalue weighted by Gasteiger charge is 2.34. The first-order chi connectivity index (χ1) is 18.1. The Balaban J connectivity index is 1.44. The Morgan fingerprint density at radius 3 is 2.47 bits per heavy atom. The number of sulfonamides is 1. The molecule has 0 radical (unpaired) electrons. The first-order valence-electron chi connectivity index (χ1n) is 12.3. The topological polar surface area (TPSA) is 114 Å². The molecule has 0 bridgehead atoms. The van der Waals surface area contributed by atoms with Gasteiger partial charge in [-0.3, -0.25) is 9.59 Å². The fourth-order valence-electron chi connectivity index (χ4n) is 4.05. The lowest BCUT2D eigenvalue weighted by molar-refractivity contribution is -0.128. The summed E-state index contributed by atoms with van der Waals surface area (Å²) < 4.78 is 39.1. The summed E-state index contributed by atoms with van der Waals surface area (Å²) in [7, 11) is -3.65. The molecule has 1 aliphatic heterocycles. The minimum atomic E-state index is -3.65. The van der Waals surface area contributed by atoms with E-state index in [0.717, 1.165) is 5.56 Å². The van der Waals surface area contributed by atoms with Crippen LogP contribution in [0.3, 0.4) is 0 Å². The van der Waals surface area contributed by atoms with E-state index in [1.165, 1.54) is 23.1 Å². The number of amides is 2. The number of para-hydroxylation sites is 2. The van der Waals surface area contributed by atoms with E-state index in [4.69, 9.17) is 9.47 Å². The third kappa shape index (κ3) is 6.51. The largest absolute Gasteiger partial charge is 0.483 e. The van der Waals surface area contributed by atoms with Crippen molar-refractivity contribution in [2.75, 3.05) is 18.1 Å². The van der Waals surface area contributed by atoms with Gasteiger partial charge in [0.1, 0.15) is 11.5 Å². The SMILES string of the molecule is Cc1cc(S(=O)(=O)NC(C)C)ccc1OCC(=O)N1CC(C(=O)NCc2ccccc2)Oc2ccccc21. The highest BCUT2D eigenvalue weighted by Crippen LogP contribution is 2.33. The van der Waals surface area contributed by atoms with Gasteiger partial charge in [-0.2, -0.15) is 0 Å². The average Bonchev–Trinajstić information content (AvgIpc) is 2.90. The number of hydrogen-bond donors (Lipinski definition) is 2. The molecular weight excluding hydrogens is 506 g/mol. The van der Waals surface area contributed by atoms with E-state index in [1.54, 1.807) is 45.0 Å². The van der Waals surface area contributed by atoms with Crippen molar-refractivity contribution in [1.82, 2.24) is 10.0 Å². The Hall–Kier alpha value is -3.89. The maximum absolute atomic E-state index is 13.2. The van der Waals surface area contributed by atoms with Crippen molar-refractivity contribution in [3.63, 3.8) is 0 Å². The van der Waals surface area contributed by atoms with Gasteiger partial charge in [-0.1, -0.05) is 42.5 Å². The molecule has 2 amide bonds. The second-order valence-electron chi connectivity index (χ2n) is 9.27. The zero-order chi connectivity index (χ0) is 27.3. The van der Waals surface area contributed by atoms with Gasteiger partial charge in [-0.05, 0) is 62.2 Å². The highest BCUT2D eigenvalue weighted by molar-refractivity contribution is 7.89. The molecule has 9 nitrogen and oxygen atoms in total. The number of nitrogens with one attached hydrogen (secondary N) is 2. The van der Waals surface area contributed by atoms with Crippen LogP contribution in [-0.4, -0.2) is 45.5 Å². The van der Waals surface area contributed by atoms with Gasteiger partial charge >= 0.3 is 0 Å². The van der Waals surface area contributed by atoms with E-state index in [2.05, 4.69) is 10.0 Å². The van der Waals surface area contributed by atoms with Crippen LogP contribution < -0.4 is 24.4 Å². The Labute approximate surface area is 222 Å². The molecule has 2 N–H and O–H groups in total. The lowest BCUT2D eigenvalue weighted by Crippen LogP contribution is -2.51. The molecule has 0 saturated heterocycles. The minimum Gasteiger partial charge on any atom is -0.483 e. The van der Waals surface area contributed by atoms with Crippen LogP contribution in [0.4, 0.5) is 5.69 Å². The maximum Gasteiger partial charge on any atom is 0.265 e. The van der Waals surface area contributed by atoms with Gasteiger partial charge in [0.05, 0.1) is 17.1 Å². The quantitative estimate of drug-likeness (QED) is 0.434. The summed E-state index contributed by atoms with van der Waals surface area (Å²) in [5, 5.41) is 2.87. The van der Waals surface area contributed by atoms with Crippen LogP contribution in [0.15, 0.2) is 77.7 Å². The van der Waals surface area contributed by atoms with Crippen LogP contribution in [0.5, 0.6) is 11.5 Å². The fourth-order valence-corrected chi connectivity index (χ4v) is 5.39. The molecule has 1 unspecified atom stereocenters. The first kappa shape index (κ1) is 27.2. The number of aryl methyl sites for hydroxylation is 1. The number of nitrogens with zero attached hydrogens (tertiary/aromatic N) is 1. The molecule has 4 rings (SSSR count). The molecule has 1 heterocycles. The Kier molecular flexibility index (Phi) is 8.33. The zero-order valence-electron chi connectivity index (χ0n) is 21.5. The molecule has 0 aromatic heterocycles. The van der Waals surface area contributed by atoms with Crippen LogP contribution in [-0.2, 0) is 26.2 Å². The lowest BCUT2D eigenvalue weighted by Gasteiger charge is -2.34. The maximum atomic E-state index is 13.2. The van der Waals surface area contributed by atoms with E-state index in [1.807, 2.05) is 30.3 Å². The molecular formula is C28H31N3O6S. The van der Waals surface area contributed by atoms with E-state index < -0.39 is 16.1 Å². The number of benzene rings is 3. The Morgan fingerprint density at radius 2 is 1.76 bits per heavy atom. The van der Waals surface area contributed by atoms with Gasteiger partial charge < -0.3 is 19.7 Å². The van der Waals surface area contributed by atoms with Crippen molar-refractivity contribution < 1.29 is 27.5 Å². The monoisotopic (exact) mass is 537 g/mol. The number of hydrogen-bond acceptors (Lipinski definition) is 6. The molecule has 0 saturated carbocycles. The average molecular weight is 538 g/mol. The number of rotatable bonds is 9. The van der Waals surface area contributed by atoms with Crippen LogP contribution in [0.1, 0.15) is 25.0 Å². The minimum absolute atomic E-state index is 0.0247. The lowest BCUT2D eigenvalue weighted by atomic mass is 10.1. The van der Waals surface area contributed by atoms with Gasteiger partial charge in [0.25, 0.3) is 11.8 Å². The summed E-state index contributed by atoms with van der Waals surface area (Å²) in [5.74, 6) is 0.125. The molecule has 1 aliphatic rings. The highest BCUT2D eigenvalue weighted by atomic mass is 32.2. The van der Waals surface area contributed by atoms with Gasteiger partial charge in [0.15, 0.2) is 12.7 Å². The molecule has 0 fully saturated rings. The molecule has 3 aromatic carbocycles. The molecule has 0 aliphatic carbocycles. The number of fused-ring (bicyclic) bond motifs is 1. The van der Waals surface area contributed by atoms with E-state index in [0.29, 0.717) is 29.3 Å². The number of ether oxygens (including phenoxy) is 2. The van der Waals surface area contributed by atoms with Gasteiger partial charge in [-0.25, -0.2) is 13.1 Å². The van der Waals surface area contributed by atoms with Crippen molar-refractivity contribution in [3.8, 4) is 11.5 Å². The molecule has 3 aromatic rings. The Morgan fingerprint density at radius 1 is 1.05 bits per heavy atom. The smallest absolute Gasteiger partial charge is 0.265 e. The fraction of sp³-hybridized carbons (Fsp3) is 0.286. The van der Waals surface area contributed by atoms with E-state index in [9.17, 15) is 18.0 Å². The van der Waals surface area contributed by atoms with E-state index in [-0.39, 0.29) is 35.9 Å². The van der Waals surface area contributed by atoms with Gasteiger partial charge in [0, 0.05) is 12.6 Å². The van der Waals surface area contributed by atoms with E-state index >= 15 is 0 Å². The van der Waals surface area contributed by atoms with Crippen molar-refractivity contribution >= 4 is 27.5 Å². The summed E-state index contributed by atoms with van der Waals surface area (Å²) in [6, 6.07) is 20.8. The summed E-state index contributed by atoms with van der Waals surface area (Å²) in [6.07, 6.45) is -0.891. The van der Waals surface area contributed by atoms with Crippen molar-refractivity contribution in [3.05, 3.63) is 83.9 Å². The van der Waals surface area contributed by atoms with Crippen LogP contribution >= 0.6 is 0 Å². The predicted molar refractivity (Wildman–Crippen MR) is 144 cm³/mol. The van der Waals surface area contributed by atoms with Crippen molar-refractivity contribution in [2.24, 2.45) is 0 Å². The normalized spacial score (nSPS) is 14.9. The predicted octanol–water partition coefficient (Wildman–Crippen LogP) is 3.17. The summed E-state index contributed by atoms with van der Waals surface area (Å²) in [5.41, 5.74) is 2.07.